The van der Waals surface area contributed by atoms with Crippen LogP contribution in [0.2, 0.25) is 10.0 Å². The molecule has 0 spiro atoms. The molecule has 0 fully saturated rings. The number of carbonyl (C=O) groups excluding carboxylic acids is 1. The van der Waals surface area contributed by atoms with E-state index in [0.717, 1.165) is 10.8 Å². The van der Waals surface area contributed by atoms with E-state index in [4.69, 9.17) is 23.2 Å². The van der Waals surface area contributed by atoms with E-state index < -0.39 is 0 Å². The molecule has 1 aromatic rings. The third kappa shape index (κ3) is 3.41. The highest BCUT2D eigenvalue weighted by Crippen LogP contribution is 2.22. The summed E-state index contributed by atoms with van der Waals surface area (Å²) in [5.74, 6) is 0.0864. The van der Waals surface area contributed by atoms with Crippen LogP contribution in [0, 0.1) is 0 Å². The van der Waals surface area contributed by atoms with E-state index in [-0.39, 0.29) is 5.78 Å². The van der Waals surface area contributed by atoms with Crippen LogP contribution in [0.1, 0.15) is 23.2 Å². The molecule has 0 bridgehead atoms. The zero-order chi connectivity index (χ0) is 10.6. The zero-order valence-electron chi connectivity index (χ0n) is 7.40. The van der Waals surface area contributed by atoms with Gasteiger partial charge >= 0.3 is 0 Å². The van der Waals surface area contributed by atoms with Gasteiger partial charge < -0.3 is 0 Å². The third-order valence-electron chi connectivity index (χ3n) is 1.77. The van der Waals surface area contributed by atoms with Gasteiger partial charge in [-0.3, -0.25) is 4.79 Å². The number of benzene rings is 1. The predicted molar refractivity (Wildman–Crippen MR) is 68.9 cm³/mol. The smallest absolute Gasteiger partial charge is 0.164 e. The lowest BCUT2D eigenvalue weighted by molar-refractivity contribution is 0.0982. The standard InChI is InChI=1S/C10H9Cl2IO/c11-7-3-4-8(9(12)6-7)10(14)2-1-5-13/h3-4,6H,1-2,5H2. The van der Waals surface area contributed by atoms with Crippen LogP contribution in [-0.2, 0) is 0 Å². The third-order valence-corrected chi connectivity index (χ3v) is 3.08. The van der Waals surface area contributed by atoms with E-state index in [0.29, 0.717) is 22.0 Å². The molecule has 76 valence electrons. The molecule has 0 unspecified atom stereocenters. The first-order valence-electron chi connectivity index (χ1n) is 4.19. The molecule has 4 heteroatoms. The molecule has 0 amide bonds. The molecule has 0 aromatic heterocycles. The Morgan fingerprint density at radius 1 is 1.36 bits per heavy atom. The summed E-state index contributed by atoms with van der Waals surface area (Å²) in [5, 5.41) is 0.997. The van der Waals surface area contributed by atoms with Gasteiger partial charge in [-0.1, -0.05) is 45.8 Å². The Morgan fingerprint density at radius 2 is 2.07 bits per heavy atom. The second-order valence-corrected chi connectivity index (χ2v) is 4.76. The van der Waals surface area contributed by atoms with E-state index in [1.165, 1.54) is 0 Å². The van der Waals surface area contributed by atoms with Gasteiger partial charge in [0.1, 0.15) is 0 Å². The summed E-state index contributed by atoms with van der Waals surface area (Å²) in [6, 6.07) is 4.96. The van der Waals surface area contributed by atoms with E-state index in [1.54, 1.807) is 18.2 Å². The number of carbonyl (C=O) groups is 1. The van der Waals surface area contributed by atoms with E-state index in [1.807, 2.05) is 0 Å². The fourth-order valence-electron chi connectivity index (χ4n) is 1.08. The molecule has 0 aliphatic carbocycles. The van der Waals surface area contributed by atoms with Crippen LogP contribution in [0.5, 0.6) is 0 Å². The van der Waals surface area contributed by atoms with E-state index >= 15 is 0 Å². The van der Waals surface area contributed by atoms with Crippen molar-refractivity contribution >= 4 is 51.6 Å². The fraction of sp³-hybridized carbons (Fsp3) is 0.300. The number of rotatable bonds is 4. The van der Waals surface area contributed by atoms with Crippen LogP contribution < -0.4 is 0 Å². The Kier molecular flexibility index (Phi) is 5.20. The number of alkyl halides is 1. The summed E-state index contributed by atoms with van der Waals surface area (Å²) in [4.78, 5) is 11.6. The lowest BCUT2D eigenvalue weighted by Gasteiger charge is -2.02. The minimum atomic E-state index is 0.0864. The molecule has 0 atom stereocenters. The molecular formula is C10H9Cl2IO. The largest absolute Gasteiger partial charge is 0.294 e. The van der Waals surface area contributed by atoms with Crippen LogP contribution in [0.25, 0.3) is 0 Å². The van der Waals surface area contributed by atoms with E-state index in [2.05, 4.69) is 22.6 Å². The molecular weight excluding hydrogens is 334 g/mol. The summed E-state index contributed by atoms with van der Waals surface area (Å²) < 4.78 is 0.981. The highest BCUT2D eigenvalue weighted by molar-refractivity contribution is 14.1. The zero-order valence-corrected chi connectivity index (χ0v) is 11.1. The first-order valence-corrected chi connectivity index (χ1v) is 6.47. The molecule has 1 rings (SSSR count). The van der Waals surface area contributed by atoms with Crippen LogP contribution in [0.4, 0.5) is 0 Å². The molecule has 0 aliphatic rings. The topological polar surface area (TPSA) is 17.1 Å². The molecule has 0 saturated carbocycles. The van der Waals surface area contributed by atoms with Crippen molar-refractivity contribution in [3.63, 3.8) is 0 Å². The maximum Gasteiger partial charge on any atom is 0.164 e. The van der Waals surface area contributed by atoms with Gasteiger partial charge in [-0.15, -0.1) is 0 Å². The van der Waals surface area contributed by atoms with Crippen LogP contribution in [-0.4, -0.2) is 10.2 Å². The molecule has 1 nitrogen and oxygen atoms in total. The number of hydrogen-bond acceptors (Lipinski definition) is 1. The van der Waals surface area contributed by atoms with Crippen molar-refractivity contribution in [2.45, 2.75) is 12.8 Å². The average molecular weight is 343 g/mol. The van der Waals surface area contributed by atoms with Crippen molar-refractivity contribution in [2.24, 2.45) is 0 Å². The van der Waals surface area contributed by atoms with Crippen molar-refractivity contribution in [3.8, 4) is 0 Å². The van der Waals surface area contributed by atoms with Gasteiger partial charge in [-0.05, 0) is 29.0 Å². The maximum absolute atomic E-state index is 11.6. The lowest BCUT2D eigenvalue weighted by atomic mass is 10.1. The quantitative estimate of drug-likeness (QED) is 0.450. The molecule has 0 radical (unpaired) electrons. The molecule has 0 heterocycles. The SMILES string of the molecule is O=C(CCCI)c1ccc(Cl)cc1Cl. The van der Waals surface area contributed by atoms with Crippen molar-refractivity contribution in [3.05, 3.63) is 33.8 Å². The normalized spacial score (nSPS) is 10.2. The highest BCUT2D eigenvalue weighted by Gasteiger charge is 2.09. The van der Waals surface area contributed by atoms with Crippen LogP contribution in [0.15, 0.2) is 18.2 Å². The number of hydrogen-bond donors (Lipinski definition) is 0. The van der Waals surface area contributed by atoms with Gasteiger partial charge in [-0.2, -0.15) is 0 Å². The monoisotopic (exact) mass is 342 g/mol. The van der Waals surface area contributed by atoms with E-state index in [9.17, 15) is 4.79 Å². The van der Waals surface area contributed by atoms with Crippen molar-refractivity contribution < 1.29 is 4.79 Å². The highest BCUT2D eigenvalue weighted by atomic mass is 127. The molecule has 0 aliphatic heterocycles. The predicted octanol–water partition coefficient (Wildman–Crippen LogP) is 4.39. The number of Topliss-reactive ketones (excluding diaryl/α,β-unsaturated/α-hetero) is 1. The minimum absolute atomic E-state index is 0.0864. The van der Waals surface area contributed by atoms with Gasteiger partial charge in [0, 0.05) is 17.0 Å². The van der Waals surface area contributed by atoms with Crippen LogP contribution >= 0.6 is 45.8 Å². The molecule has 0 saturated heterocycles. The minimum Gasteiger partial charge on any atom is -0.294 e. The van der Waals surface area contributed by atoms with Crippen LogP contribution in [0.3, 0.4) is 0 Å². The van der Waals surface area contributed by atoms with Crippen molar-refractivity contribution in [2.75, 3.05) is 4.43 Å². The molecule has 0 N–H and O–H groups in total. The molecule has 14 heavy (non-hydrogen) atoms. The Labute approximate surface area is 107 Å². The second kappa shape index (κ2) is 5.93. The van der Waals surface area contributed by atoms with Gasteiger partial charge in [0.05, 0.1) is 5.02 Å². The average Bonchev–Trinajstić information content (AvgIpc) is 2.14. The number of ketones is 1. The summed E-state index contributed by atoms with van der Waals surface area (Å²) >= 11 is 13.9. The summed E-state index contributed by atoms with van der Waals surface area (Å²) in [7, 11) is 0. The fourth-order valence-corrected chi connectivity index (χ4v) is 1.97. The van der Waals surface area contributed by atoms with Gasteiger partial charge in [0.2, 0.25) is 0 Å². The van der Waals surface area contributed by atoms with Crippen molar-refractivity contribution in [1.82, 2.24) is 0 Å². The van der Waals surface area contributed by atoms with Gasteiger partial charge in [-0.25, -0.2) is 0 Å². The first kappa shape index (κ1) is 12.3. The molecule has 1 aromatic carbocycles. The summed E-state index contributed by atoms with van der Waals surface area (Å²) in [5.41, 5.74) is 0.570. The van der Waals surface area contributed by atoms with Crippen molar-refractivity contribution in [1.29, 1.82) is 0 Å². The Morgan fingerprint density at radius 3 is 2.64 bits per heavy atom. The second-order valence-electron chi connectivity index (χ2n) is 2.84. The van der Waals surface area contributed by atoms with Gasteiger partial charge in [0.25, 0.3) is 0 Å². The Balaban J connectivity index is 2.80. The maximum atomic E-state index is 11.6. The summed E-state index contributed by atoms with van der Waals surface area (Å²) in [6.07, 6.45) is 1.43. The Hall–Kier alpha value is 0.200. The Bertz CT molecular complexity index is 339. The number of halogens is 3. The summed E-state index contributed by atoms with van der Waals surface area (Å²) in [6.45, 7) is 0. The lowest BCUT2D eigenvalue weighted by Crippen LogP contribution is -1.99. The first-order chi connectivity index (χ1) is 6.65. The van der Waals surface area contributed by atoms with Gasteiger partial charge in [0.15, 0.2) is 5.78 Å².